The number of amides is 1. The quantitative estimate of drug-likeness (QED) is 0.293. The Morgan fingerprint density at radius 2 is 2.00 bits per heavy atom. The molecule has 8 heteroatoms. The van der Waals surface area contributed by atoms with E-state index in [1.807, 2.05) is 7.05 Å². The summed E-state index contributed by atoms with van der Waals surface area (Å²) in [6.07, 6.45) is 4.51. The Hall–Kier alpha value is -1.39. The third kappa shape index (κ3) is 7.59. The van der Waals surface area contributed by atoms with Gasteiger partial charge >= 0.3 is 0 Å². The van der Waals surface area contributed by atoms with Crippen LogP contribution in [0.15, 0.2) is 29.3 Å². The number of piperidine rings is 1. The van der Waals surface area contributed by atoms with Gasteiger partial charge in [0.25, 0.3) is 0 Å². The summed E-state index contributed by atoms with van der Waals surface area (Å²) < 4.78 is 0. The maximum atomic E-state index is 11.6. The van der Waals surface area contributed by atoms with Gasteiger partial charge in [0.1, 0.15) is 0 Å². The molecule has 3 N–H and O–H groups in total. The van der Waals surface area contributed by atoms with Crippen LogP contribution >= 0.6 is 24.0 Å². The summed E-state index contributed by atoms with van der Waals surface area (Å²) in [5.74, 6) is 0.757. The zero-order valence-electron chi connectivity index (χ0n) is 19.9. The highest BCUT2D eigenvalue weighted by atomic mass is 127. The van der Waals surface area contributed by atoms with Crippen LogP contribution in [0.4, 0.5) is 0 Å². The zero-order chi connectivity index (χ0) is 22.2. The molecule has 1 aromatic rings. The lowest BCUT2D eigenvalue weighted by atomic mass is 9.97. The van der Waals surface area contributed by atoms with E-state index in [0.717, 1.165) is 58.1 Å². The van der Waals surface area contributed by atoms with Gasteiger partial charge in [0.15, 0.2) is 5.96 Å². The van der Waals surface area contributed by atoms with Crippen molar-refractivity contribution in [2.75, 3.05) is 46.8 Å². The highest BCUT2D eigenvalue weighted by molar-refractivity contribution is 14.0. The van der Waals surface area contributed by atoms with E-state index in [4.69, 9.17) is 5.73 Å². The number of carbonyl (C=O) groups is 1. The maximum Gasteiger partial charge on any atom is 0.221 e. The average molecular weight is 557 g/mol. The number of likely N-dealkylation sites (N-methyl/N-ethyl adjacent to an activating group) is 2. The summed E-state index contributed by atoms with van der Waals surface area (Å²) in [6.45, 7) is 8.99. The second kappa shape index (κ2) is 13.3. The Kier molecular flexibility index (Phi) is 11.2. The highest BCUT2D eigenvalue weighted by Crippen LogP contribution is 2.19. The number of rotatable bonds is 8. The maximum absolute atomic E-state index is 11.6. The summed E-state index contributed by atoms with van der Waals surface area (Å²) >= 11 is 0. The van der Waals surface area contributed by atoms with Gasteiger partial charge in [-0.25, -0.2) is 0 Å². The van der Waals surface area contributed by atoms with Crippen molar-refractivity contribution in [1.29, 1.82) is 0 Å². The van der Waals surface area contributed by atoms with Crippen molar-refractivity contribution in [3.05, 3.63) is 35.4 Å². The van der Waals surface area contributed by atoms with Crippen molar-refractivity contribution in [3.8, 4) is 0 Å². The fourth-order valence-electron chi connectivity index (χ4n) is 5.01. The minimum Gasteiger partial charge on any atom is -0.369 e. The van der Waals surface area contributed by atoms with Crippen LogP contribution in [0.25, 0.3) is 0 Å². The minimum atomic E-state index is -0.169. The largest absolute Gasteiger partial charge is 0.369 e. The van der Waals surface area contributed by atoms with E-state index in [2.05, 4.69) is 63.2 Å². The Morgan fingerprint density at radius 1 is 1.25 bits per heavy atom. The number of halogens is 1. The monoisotopic (exact) mass is 556 g/mol. The second-order valence-electron chi connectivity index (χ2n) is 9.00. The molecule has 1 aromatic carbocycles. The lowest BCUT2D eigenvalue weighted by Gasteiger charge is -2.31. The van der Waals surface area contributed by atoms with Gasteiger partial charge in [-0.15, -0.1) is 24.0 Å². The topological polar surface area (TPSA) is 77.2 Å². The molecule has 2 unspecified atom stereocenters. The summed E-state index contributed by atoms with van der Waals surface area (Å²) in [7, 11) is 3.98. The normalized spacial score (nSPS) is 22.4. The fourth-order valence-corrected chi connectivity index (χ4v) is 5.01. The second-order valence-corrected chi connectivity index (χ2v) is 9.00. The van der Waals surface area contributed by atoms with E-state index >= 15 is 0 Å². The summed E-state index contributed by atoms with van der Waals surface area (Å²) in [5, 5.41) is 3.53. The van der Waals surface area contributed by atoms with Gasteiger partial charge in [-0.2, -0.15) is 0 Å². The molecule has 0 aromatic heterocycles. The molecule has 2 atom stereocenters. The van der Waals surface area contributed by atoms with E-state index in [1.165, 1.54) is 30.5 Å². The number of nitrogens with one attached hydrogen (secondary N) is 1. The molecule has 2 fully saturated rings. The molecule has 0 saturated carbocycles. The summed E-state index contributed by atoms with van der Waals surface area (Å²) in [6, 6.07) is 9.31. The van der Waals surface area contributed by atoms with E-state index < -0.39 is 0 Å². The first kappa shape index (κ1) is 26.9. The molecule has 2 saturated heterocycles. The molecule has 0 aliphatic carbocycles. The number of nitrogens with zero attached hydrogens (tertiary/aromatic N) is 4. The zero-order valence-corrected chi connectivity index (χ0v) is 22.3. The van der Waals surface area contributed by atoms with E-state index in [9.17, 15) is 4.79 Å². The van der Waals surface area contributed by atoms with Gasteiger partial charge in [0.05, 0.1) is 5.92 Å². The third-order valence-electron chi connectivity index (χ3n) is 6.72. The highest BCUT2D eigenvalue weighted by Gasteiger charge is 2.25. The molecule has 2 heterocycles. The number of primary amides is 1. The number of hydrogen-bond donors (Lipinski definition) is 2. The Morgan fingerprint density at radius 3 is 2.72 bits per heavy atom. The van der Waals surface area contributed by atoms with Crippen LogP contribution in [-0.4, -0.2) is 79.4 Å². The van der Waals surface area contributed by atoms with Gasteiger partial charge in [-0.05, 0) is 56.4 Å². The molecule has 32 heavy (non-hydrogen) atoms. The van der Waals surface area contributed by atoms with Gasteiger partial charge in [-0.3, -0.25) is 19.6 Å². The van der Waals surface area contributed by atoms with Gasteiger partial charge in [-0.1, -0.05) is 31.2 Å². The molecule has 0 bridgehead atoms. The average Bonchev–Trinajstić information content (AvgIpc) is 3.21. The Balaban J connectivity index is 0.00000363. The van der Waals surface area contributed by atoms with Gasteiger partial charge in [0.2, 0.25) is 5.91 Å². The number of benzene rings is 1. The van der Waals surface area contributed by atoms with Crippen LogP contribution in [0, 0.1) is 5.92 Å². The lowest BCUT2D eigenvalue weighted by Crippen LogP contribution is -2.45. The first-order valence-corrected chi connectivity index (χ1v) is 11.8. The van der Waals surface area contributed by atoms with E-state index in [1.54, 1.807) is 0 Å². The SMILES string of the molecule is CCN1CCCC1CN(C)C(=NC)NCc1cccc(CN2CCCC(C(N)=O)C2)c1.I. The Bertz CT molecular complexity index is 758. The lowest BCUT2D eigenvalue weighted by molar-refractivity contribution is -0.123. The first-order valence-electron chi connectivity index (χ1n) is 11.8. The van der Waals surface area contributed by atoms with Crippen molar-refractivity contribution < 1.29 is 4.79 Å². The van der Waals surface area contributed by atoms with Crippen molar-refractivity contribution in [1.82, 2.24) is 20.0 Å². The van der Waals surface area contributed by atoms with Crippen molar-refractivity contribution >= 4 is 35.8 Å². The molecule has 0 spiro atoms. The van der Waals surface area contributed by atoms with Gasteiger partial charge < -0.3 is 16.0 Å². The van der Waals surface area contributed by atoms with Crippen LogP contribution < -0.4 is 11.1 Å². The first-order chi connectivity index (χ1) is 15.0. The van der Waals surface area contributed by atoms with Crippen molar-refractivity contribution in [2.24, 2.45) is 16.6 Å². The molecule has 1 amide bonds. The molecule has 2 aliphatic heterocycles. The van der Waals surface area contributed by atoms with Gasteiger partial charge in [0, 0.05) is 46.3 Å². The fraction of sp³-hybridized carbons (Fsp3) is 0.667. The number of carbonyl (C=O) groups excluding carboxylic acids is 1. The summed E-state index contributed by atoms with van der Waals surface area (Å²) in [4.78, 5) is 23.2. The van der Waals surface area contributed by atoms with Crippen molar-refractivity contribution in [2.45, 2.75) is 51.7 Å². The van der Waals surface area contributed by atoms with Crippen LogP contribution in [0.1, 0.15) is 43.7 Å². The molecule has 3 rings (SSSR count). The molecule has 2 aliphatic rings. The number of guanidine groups is 1. The minimum absolute atomic E-state index is 0. The Labute approximate surface area is 210 Å². The predicted molar refractivity (Wildman–Crippen MR) is 142 cm³/mol. The van der Waals surface area contributed by atoms with Crippen LogP contribution in [0.2, 0.25) is 0 Å². The number of aliphatic imine (C=N–C) groups is 1. The summed E-state index contributed by atoms with van der Waals surface area (Å²) in [5.41, 5.74) is 8.04. The molecule has 180 valence electrons. The van der Waals surface area contributed by atoms with Crippen LogP contribution in [0.3, 0.4) is 0 Å². The predicted octanol–water partition coefficient (Wildman–Crippen LogP) is 2.49. The molecular formula is C24H41IN6O. The van der Waals surface area contributed by atoms with Crippen LogP contribution in [-0.2, 0) is 17.9 Å². The number of hydrogen-bond acceptors (Lipinski definition) is 4. The molecule has 7 nitrogen and oxygen atoms in total. The molecular weight excluding hydrogens is 515 g/mol. The smallest absolute Gasteiger partial charge is 0.221 e. The van der Waals surface area contributed by atoms with E-state index in [0.29, 0.717) is 6.04 Å². The van der Waals surface area contributed by atoms with Crippen molar-refractivity contribution in [3.63, 3.8) is 0 Å². The van der Waals surface area contributed by atoms with E-state index in [-0.39, 0.29) is 35.8 Å². The third-order valence-corrected chi connectivity index (χ3v) is 6.72. The number of likely N-dealkylation sites (tertiary alicyclic amines) is 2. The standard InChI is InChI=1S/C24H40N6O.HI/c1-4-30-13-7-11-22(30)18-28(3)24(26-2)27-15-19-8-5-9-20(14-19)16-29-12-6-10-21(17-29)23(25)31;/h5,8-9,14,21-22H,4,6-7,10-13,15-18H2,1-3H3,(H2,25,31)(H,26,27);1H. The molecule has 0 radical (unpaired) electrons. The number of nitrogens with two attached hydrogens (primary N) is 1. The van der Waals surface area contributed by atoms with Crippen LogP contribution in [0.5, 0.6) is 0 Å².